The summed E-state index contributed by atoms with van der Waals surface area (Å²) in [6.07, 6.45) is 1.83. The fraction of sp³-hybridized carbons (Fsp3) is 0.706. The van der Waals surface area contributed by atoms with Gasteiger partial charge in [-0.1, -0.05) is 0 Å². The number of aryl methyl sites for hydroxylation is 1. The Labute approximate surface area is 134 Å². The highest BCUT2D eigenvalue weighted by Gasteiger charge is 2.23. The molecule has 5 nitrogen and oxygen atoms in total. The molecule has 1 aromatic heterocycles. The van der Waals surface area contributed by atoms with Crippen molar-refractivity contribution in [3.63, 3.8) is 0 Å². The summed E-state index contributed by atoms with van der Waals surface area (Å²) < 4.78 is 7.67. The van der Waals surface area contributed by atoms with Crippen LogP contribution in [0.3, 0.4) is 0 Å². The SMILES string of the molecule is CCn1cccc1CNCCN(C(=O)OC(C)(C)C)C(C)C. The summed E-state index contributed by atoms with van der Waals surface area (Å²) in [5.74, 6) is 0. The van der Waals surface area contributed by atoms with Crippen molar-refractivity contribution in [2.45, 2.75) is 66.3 Å². The Morgan fingerprint density at radius 3 is 2.64 bits per heavy atom. The zero-order chi connectivity index (χ0) is 16.8. The van der Waals surface area contributed by atoms with Gasteiger partial charge >= 0.3 is 6.09 Å². The van der Waals surface area contributed by atoms with Gasteiger partial charge in [0.1, 0.15) is 5.60 Å². The minimum atomic E-state index is -0.459. The average Bonchev–Trinajstić information content (AvgIpc) is 2.83. The molecule has 0 fully saturated rings. The molecule has 0 aliphatic carbocycles. The summed E-state index contributed by atoms with van der Waals surface area (Å²) in [7, 11) is 0. The van der Waals surface area contributed by atoms with E-state index in [-0.39, 0.29) is 12.1 Å². The van der Waals surface area contributed by atoms with Gasteiger partial charge in [0.15, 0.2) is 0 Å². The van der Waals surface area contributed by atoms with Crippen LogP contribution < -0.4 is 5.32 Å². The second-order valence-corrected chi connectivity index (χ2v) is 6.73. The van der Waals surface area contributed by atoms with Crippen molar-refractivity contribution in [2.75, 3.05) is 13.1 Å². The van der Waals surface area contributed by atoms with Crippen molar-refractivity contribution >= 4 is 6.09 Å². The number of rotatable bonds is 7. The molecule has 1 amide bonds. The first-order chi connectivity index (χ1) is 10.2. The Balaban J connectivity index is 2.43. The highest BCUT2D eigenvalue weighted by atomic mass is 16.6. The maximum atomic E-state index is 12.2. The minimum absolute atomic E-state index is 0.121. The first kappa shape index (κ1) is 18.6. The number of ether oxygens (including phenoxy) is 1. The van der Waals surface area contributed by atoms with E-state index in [0.29, 0.717) is 6.54 Å². The van der Waals surface area contributed by atoms with Gasteiger partial charge in [0, 0.05) is 44.1 Å². The van der Waals surface area contributed by atoms with Gasteiger partial charge in [-0.05, 0) is 53.7 Å². The van der Waals surface area contributed by atoms with Crippen LogP contribution in [0.1, 0.15) is 47.2 Å². The van der Waals surface area contributed by atoms with Crippen LogP contribution in [0.2, 0.25) is 0 Å². The van der Waals surface area contributed by atoms with Crippen LogP contribution >= 0.6 is 0 Å². The molecule has 0 aliphatic heterocycles. The Bertz CT molecular complexity index is 461. The highest BCUT2D eigenvalue weighted by Crippen LogP contribution is 2.11. The summed E-state index contributed by atoms with van der Waals surface area (Å²) in [5.41, 5.74) is 0.801. The number of hydrogen-bond donors (Lipinski definition) is 1. The predicted octanol–water partition coefficient (Wildman–Crippen LogP) is 3.24. The second kappa shape index (κ2) is 8.22. The van der Waals surface area contributed by atoms with Crippen LogP contribution in [0.15, 0.2) is 18.3 Å². The molecule has 0 radical (unpaired) electrons. The van der Waals surface area contributed by atoms with Crippen molar-refractivity contribution in [3.05, 3.63) is 24.0 Å². The fourth-order valence-electron chi connectivity index (χ4n) is 2.22. The number of hydrogen-bond acceptors (Lipinski definition) is 3. The van der Waals surface area contributed by atoms with Gasteiger partial charge in [-0.3, -0.25) is 0 Å². The van der Waals surface area contributed by atoms with E-state index in [2.05, 4.69) is 35.1 Å². The zero-order valence-electron chi connectivity index (χ0n) is 14.8. The molecule has 0 saturated carbocycles. The van der Waals surface area contributed by atoms with E-state index in [0.717, 1.165) is 19.6 Å². The summed E-state index contributed by atoms with van der Waals surface area (Å²) in [5, 5.41) is 3.40. The summed E-state index contributed by atoms with van der Waals surface area (Å²) in [4.78, 5) is 14.0. The first-order valence-corrected chi connectivity index (χ1v) is 8.09. The van der Waals surface area contributed by atoms with Gasteiger partial charge in [-0.25, -0.2) is 4.79 Å². The molecule has 0 atom stereocenters. The van der Waals surface area contributed by atoms with Crippen molar-refractivity contribution in [2.24, 2.45) is 0 Å². The van der Waals surface area contributed by atoms with E-state index in [1.54, 1.807) is 4.90 Å². The van der Waals surface area contributed by atoms with E-state index in [1.165, 1.54) is 5.69 Å². The maximum Gasteiger partial charge on any atom is 0.410 e. The van der Waals surface area contributed by atoms with Crippen molar-refractivity contribution in [3.8, 4) is 0 Å². The Hall–Kier alpha value is -1.49. The standard InChI is InChI=1S/C17H31N3O2/c1-7-19-11-8-9-15(19)13-18-10-12-20(14(2)3)16(21)22-17(4,5)6/h8-9,11,14,18H,7,10,12-13H2,1-6H3. The fourth-order valence-corrected chi connectivity index (χ4v) is 2.22. The number of amides is 1. The van der Waals surface area contributed by atoms with Gasteiger partial charge in [-0.2, -0.15) is 0 Å². The van der Waals surface area contributed by atoms with Crippen LogP contribution in [-0.4, -0.2) is 40.3 Å². The lowest BCUT2D eigenvalue weighted by atomic mass is 10.2. The molecular formula is C17H31N3O2. The van der Waals surface area contributed by atoms with Crippen LogP contribution in [0.5, 0.6) is 0 Å². The van der Waals surface area contributed by atoms with Crippen molar-refractivity contribution in [1.82, 2.24) is 14.8 Å². The maximum absolute atomic E-state index is 12.2. The molecule has 1 heterocycles. The van der Waals surface area contributed by atoms with Gasteiger partial charge in [0.05, 0.1) is 0 Å². The molecule has 5 heteroatoms. The van der Waals surface area contributed by atoms with Crippen LogP contribution in [0.25, 0.3) is 0 Å². The number of carbonyl (C=O) groups is 1. The molecule has 1 rings (SSSR count). The third kappa shape index (κ3) is 6.10. The molecule has 0 aromatic carbocycles. The summed E-state index contributed by atoms with van der Waals surface area (Å²) in [6, 6.07) is 4.29. The lowest BCUT2D eigenvalue weighted by Crippen LogP contribution is -2.44. The Morgan fingerprint density at radius 1 is 1.41 bits per heavy atom. The molecule has 126 valence electrons. The average molecular weight is 309 g/mol. The van der Waals surface area contributed by atoms with Crippen LogP contribution in [0, 0.1) is 0 Å². The Kier molecular flexibility index (Phi) is 6.94. The predicted molar refractivity (Wildman–Crippen MR) is 89.9 cm³/mol. The molecule has 0 unspecified atom stereocenters. The van der Waals surface area contributed by atoms with Crippen molar-refractivity contribution in [1.29, 1.82) is 0 Å². The monoisotopic (exact) mass is 309 g/mol. The van der Waals surface area contributed by atoms with Gasteiger partial charge in [0.2, 0.25) is 0 Å². The largest absolute Gasteiger partial charge is 0.444 e. The first-order valence-electron chi connectivity index (χ1n) is 8.09. The minimum Gasteiger partial charge on any atom is -0.444 e. The van der Waals surface area contributed by atoms with Gasteiger partial charge in [0.25, 0.3) is 0 Å². The summed E-state index contributed by atoms with van der Waals surface area (Å²) in [6.45, 7) is 15.0. The molecule has 22 heavy (non-hydrogen) atoms. The molecule has 1 N–H and O–H groups in total. The van der Waals surface area contributed by atoms with E-state index in [9.17, 15) is 4.79 Å². The Morgan fingerprint density at radius 2 is 2.09 bits per heavy atom. The third-order valence-corrected chi connectivity index (χ3v) is 3.35. The molecular weight excluding hydrogens is 278 g/mol. The summed E-state index contributed by atoms with van der Waals surface area (Å²) >= 11 is 0. The van der Waals surface area contributed by atoms with E-state index >= 15 is 0 Å². The zero-order valence-corrected chi connectivity index (χ0v) is 14.8. The quantitative estimate of drug-likeness (QED) is 0.787. The van der Waals surface area contributed by atoms with Crippen LogP contribution in [-0.2, 0) is 17.8 Å². The topological polar surface area (TPSA) is 46.5 Å². The smallest absolute Gasteiger partial charge is 0.410 e. The third-order valence-electron chi connectivity index (χ3n) is 3.35. The normalized spacial score (nSPS) is 11.8. The lowest BCUT2D eigenvalue weighted by molar-refractivity contribution is 0.0193. The molecule has 0 aliphatic rings. The molecule has 1 aromatic rings. The highest BCUT2D eigenvalue weighted by molar-refractivity contribution is 5.68. The lowest BCUT2D eigenvalue weighted by Gasteiger charge is -2.30. The molecule has 0 spiro atoms. The molecule has 0 bridgehead atoms. The van der Waals surface area contributed by atoms with Crippen LogP contribution in [0.4, 0.5) is 4.79 Å². The van der Waals surface area contributed by atoms with E-state index < -0.39 is 5.60 Å². The number of aromatic nitrogens is 1. The van der Waals surface area contributed by atoms with Crippen molar-refractivity contribution < 1.29 is 9.53 Å². The van der Waals surface area contributed by atoms with Gasteiger partial charge in [-0.15, -0.1) is 0 Å². The number of nitrogens with zero attached hydrogens (tertiary/aromatic N) is 2. The number of carbonyl (C=O) groups excluding carboxylic acids is 1. The van der Waals surface area contributed by atoms with E-state index in [1.807, 2.05) is 34.6 Å². The van der Waals surface area contributed by atoms with E-state index in [4.69, 9.17) is 4.74 Å². The van der Waals surface area contributed by atoms with Gasteiger partial charge < -0.3 is 19.5 Å². The second-order valence-electron chi connectivity index (χ2n) is 6.73. The molecule has 0 saturated heterocycles. The number of nitrogens with one attached hydrogen (secondary N) is 1.